The first kappa shape index (κ1) is 55.2. The highest BCUT2D eigenvalue weighted by atomic mass is 28.5. The van der Waals surface area contributed by atoms with Gasteiger partial charge in [0.1, 0.15) is 35.9 Å². The van der Waals surface area contributed by atoms with E-state index in [1.165, 1.54) is 0 Å². The van der Waals surface area contributed by atoms with E-state index in [-0.39, 0.29) is 35.4 Å². The molecule has 1 aromatic rings. The minimum absolute atomic E-state index is 0.0864. The summed E-state index contributed by atoms with van der Waals surface area (Å²) >= 11 is 0. The lowest BCUT2D eigenvalue weighted by Gasteiger charge is -2.57. The molecule has 0 aliphatic carbocycles. The number of benzene rings is 1. The molecule has 0 saturated carbocycles. The summed E-state index contributed by atoms with van der Waals surface area (Å²) in [6.45, 7) is 53.0. The van der Waals surface area contributed by atoms with Crippen molar-refractivity contribution in [1.29, 1.82) is 0 Å². The first-order valence-electron chi connectivity index (χ1n) is 25.4. The van der Waals surface area contributed by atoms with Gasteiger partial charge in [0.25, 0.3) is 16.6 Å². The molecule has 0 aromatic heterocycles. The summed E-state index contributed by atoms with van der Waals surface area (Å²) in [6.07, 6.45) is -3.43. The zero-order chi connectivity index (χ0) is 48.0. The molecular weight excluding hydrogens is 873 g/mol. The second-order valence-corrected chi connectivity index (χ2v) is 47.1. The van der Waals surface area contributed by atoms with Crippen molar-refractivity contribution >= 4 is 42.1 Å². The third-order valence-corrected chi connectivity index (χ3v) is 43.2. The Balaban J connectivity index is 2.15. The molecule has 0 amide bonds. The highest BCUT2D eigenvalue weighted by molar-refractivity contribution is 6.84. The van der Waals surface area contributed by atoms with Crippen LogP contribution >= 0.6 is 0 Å². The van der Waals surface area contributed by atoms with Crippen LogP contribution in [0.25, 0.3) is 0 Å². The Labute approximate surface area is 392 Å². The monoisotopic (exact) mass is 969 g/mol. The van der Waals surface area contributed by atoms with Crippen LogP contribution in [0.15, 0.2) is 12.1 Å². The third kappa shape index (κ3) is 9.53. The zero-order valence-electron chi connectivity index (χ0n) is 44.5. The van der Waals surface area contributed by atoms with Gasteiger partial charge >= 0.3 is 17.1 Å². The van der Waals surface area contributed by atoms with Crippen molar-refractivity contribution in [1.82, 2.24) is 0 Å². The summed E-state index contributed by atoms with van der Waals surface area (Å²) in [7, 11) is -13.5. The third-order valence-electron chi connectivity index (χ3n) is 16.3. The molecule has 4 rings (SSSR count). The fourth-order valence-corrected chi connectivity index (χ4v) is 37.3. The summed E-state index contributed by atoms with van der Waals surface area (Å²) in [4.78, 5) is 0. The number of hydrogen-bond donors (Lipinski definition) is 1. The molecule has 2 saturated heterocycles. The molecule has 1 N–H and O–H groups in total. The van der Waals surface area contributed by atoms with Gasteiger partial charge in [0.2, 0.25) is 5.79 Å². The normalized spacial score (nSPS) is 25.7. The molecule has 14 heteroatoms. The molecule has 0 bridgehead atoms. The number of aliphatic hydroxyl groups excluding tert-OH is 1. The Morgan fingerprint density at radius 2 is 1.10 bits per heavy atom. The molecular formula is C49H96O9Si5. The largest absolute Gasteiger partial charge is 0.543 e. The van der Waals surface area contributed by atoms with Crippen molar-refractivity contribution in [2.75, 3.05) is 6.61 Å². The standard InChI is InChI=1S/C49H96O9Si5/c1-24-59(25-2,26-3)57-48-46(50)47-44(30-52-62(37(16)17,38(18)19)58-63(56-47,39(20)21)40(22)23)53-49(48)45-41(29-51-49)27-42(54-60(31(4)5,32(6)7)33(8)9)28-43(45)55-61(34(10)11,35(12)13)36(14)15/h27-28,31-40,44,46-48,50H,24-26,29-30H2,1-23H3/t44-,46+,47-,48-,49+/m1/s1. The SMILES string of the molecule is CC[Si](CC)(CC)O[C@@H]1[C@@H](O)[C@@H]2O[Si](C(C)C)(C(C)C)O[Si](C(C)C)(C(C)C)OC[C@H]2O[C@]12OCc1cc(O[Si](C(C)C)(C(C)C)C(C)C)cc(O[Si](C(C)C)(C(C)C)C(C)C)c12. The molecule has 63 heavy (non-hydrogen) atoms. The smallest absolute Gasteiger partial charge is 0.335 e. The van der Waals surface area contributed by atoms with Gasteiger partial charge in [-0.2, -0.15) is 0 Å². The fraction of sp³-hybridized carbons (Fsp3) is 0.878. The van der Waals surface area contributed by atoms with Crippen molar-refractivity contribution < 1.29 is 40.8 Å². The van der Waals surface area contributed by atoms with E-state index in [2.05, 4.69) is 171 Å². The number of ether oxygens (including phenoxy) is 2. The molecule has 5 atom stereocenters. The van der Waals surface area contributed by atoms with Crippen LogP contribution in [0, 0.1) is 0 Å². The van der Waals surface area contributed by atoms with Gasteiger partial charge < -0.3 is 40.8 Å². The molecule has 366 valence electrons. The average molecular weight is 970 g/mol. The summed E-state index contributed by atoms with van der Waals surface area (Å²) in [5, 5.41) is 13.4. The van der Waals surface area contributed by atoms with Crippen molar-refractivity contribution in [3.63, 3.8) is 0 Å². The maximum absolute atomic E-state index is 13.4. The van der Waals surface area contributed by atoms with Gasteiger partial charge in [-0.25, -0.2) is 0 Å². The highest BCUT2D eigenvalue weighted by Gasteiger charge is 2.67. The highest BCUT2D eigenvalue weighted by Crippen LogP contribution is 2.57. The lowest BCUT2D eigenvalue weighted by atomic mass is 9.87. The zero-order valence-corrected chi connectivity index (χ0v) is 49.5. The predicted octanol–water partition coefficient (Wildman–Crippen LogP) is 14.6. The lowest BCUT2D eigenvalue weighted by Crippen LogP contribution is -2.72. The molecule has 1 spiro atoms. The van der Waals surface area contributed by atoms with Gasteiger partial charge in [0.05, 0.1) is 18.8 Å². The van der Waals surface area contributed by atoms with Crippen LogP contribution in [-0.2, 0) is 39.3 Å². The Kier molecular flexibility index (Phi) is 18.1. The minimum Gasteiger partial charge on any atom is -0.543 e. The van der Waals surface area contributed by atoms with Crippen molar-refractivity contribution in [3.8, 4) is 11.5 Å². The van der Waals surface area contributed by atoms with Crippen molar-refractivity contribution in [2.45, 2.75) is 270 Å². The molecule has 0 unspecified atom stereocenters. The Morgan fingerprint density at radius 1 is 0.651 bits per heavy atom. The van der Waals surface area contributed by atoms with E-state index in [4.69, 9.17) is 35.7 Å². The van der Waals surface area contributed by atoms with Crippen LogP contribution in [0.5, 0.6) is 11.5 Å². The van der Waals surface area contributed by atoms with E-state index in [9.17, 15) is 5.11 Å². The maximum atomic E-state index is 13.4. The fourth-order valence-electron chi connectivity index (χ4n) is 12.8. The molecule has 9 nitrogen and oxygen atoms in total. The quantitative estimate of drug-likeness (QED) is 0.136. The van der Waals surface area contributed by atoms with E-state index in [0.717, 1.165) is 40.8 Å². The van der Waals surface area contributed by atoms with Gasteiger partial charge in [0, 0.05) is 6.07 Å². The van der Waals surface area contributed by atoms with Gasteiger partial charge in [0.15, 0.2) is 8.32 Å². The molecule has 2 fully saturated rings. The van der Waals surface area contributed by atoms with Crippen LogP contribution in [0.2, 0.25) is 73.5 Å². The number of fused-ring (bicyclic) bond motifs is 3. The van der Waals surface area contributed by atoms with E-state index in [0.29, 0.717) is 33.2 Å². The van der Waals surface area contributed by atoms with Crippen LogP contribution in [0.1, 0.15) is 170 Å². The average Bonchev–Trinajstić information content (AvgIpc) is 3.54. The minimum atomic E-state index is -3.13. The Hall–Kier alpha value is -0.376. The van der Waals surface area contributed by atoms with E-state index in [1.54, 1.807) is 0 Å². The van der Waals surface area contributed by atoms with Gasteiger partial charge in [-0.05, 0) is 85.2 Å². The lowest BCUT2D eigenvalue weighted by molar-refractivity contribution is -0.364. The number of rotatable bonds is 19. The maximum Gasteiger partial charge on any atom is 0.335 e. The van der Waals surface area contributed by atoms with Crippen LogP contribution in [0.3, 0.4) is 0 Å². The molecule has 1 aromatic carbocycles. The molecule has 3 aliphatic heterocycles. The van der Waals surface area contributed by atoms with Crippen LogP contribution in [0.4, 0.5) is 0 Å². The molecule has 0 radical (unpaired) electrons. The second kappa shape index (κ2) is 20.7. The predicted molar refractivity (Wildman–Crippen MR) is 273 cm³/mol. The van der Waals surface area contributed by atoms with Gasteiger partial charge in [-0.3, -0.25) is 0 Å². The first-order valence-corrected chi connectivity index (χ1v) is 36.1. The molecule has 3 aliphatic rings. The topological polar surface area (TPSA) is 94.1 Å². The Bertz CT molecular complexity index is 1580. The van der Waals surface area contributed by atoms with E-state index >= 15 is 0 Å². The van der Waals surface area contributed by atoms with Crippen molar-refractivity contribution in [3.05, 3.63) is 23.3 Å². The van der Waals surface area contributed by atoms with Gasteiger partial charge in [-0.1, -0.05) is 159 Å². The number of hydrogen-bond acceptors (Lipinski definition) is 9. The van der Waals surface area contributed by atoms with Gasteiger partial charge in [-0.15, -0.1) is 0 Å². The number of aliphatic hydroxyl groups is 1. The van der Waals surface area contributed by atoms with Crippen molar-refractivity contribution in [2.24, 2.45) is 0 Å². The Morgan fingerprint density at radius 3 is 1.51 bits per heavy atom. The van der Waals surface area contributed by atoms with E-state index < -0.39 is 72.3 Å². The summed E-state index contributed by atoms with van der Waals surface area (Å²) in [6, 6.07) is 7.06. The second-order valence-electron chi connectivity index (χ2n) is 22.7. The first-order chi connectivity index (χ1) is 29.1. The summed E-state index contributed by atoms with van der Waals surface area (Å²) in [5.41, 5.74) is 4.38. The summed E-state index contributed by atoms with van der Waals surface area (Å²) in [5.74, 6) is 0.0820. The van der Waals surface area contributed by atoms with E-state index in [1.807, 2.05) is 0 Å². The summed E-state index contributed by atoms with van der Waals surface area (Å²) < 4.78 is 60.5. The van der Waals surface area contributed by atoms with Crippen LogP contribution < -0.4 is 8.85 Å². The van der Waals surface area contributed by atoms with Crippen LogP contribution in [-0.4, -0.2) is 78.2 Å². The molecule has 3 heterocycles.